The fourth-order valence-electron chi connectivity index (χ4n) is 3.51. The van der Waals surface area contributed by atoms with Crippen molar-refractivity contribution in [1.82, 2.24) is 4.31 Å². The van der Waals surface area contributed by atoms with Crippen molar-refractivity contribution < 1.29 is 36.4 Å². The van der Waals surface area contributed by atoms with Gasteiger partial charge in [0.2, 0.25) is 10.0 Å². The Hall–Kier alpha value is -3.02. The molecule has 0 saturated carbocycles. The average Bonchev–Trinajstić information content (AvgIpc) is 3.06. The van der Waals surface area contributed by atoms with Crippen LogP contribution in [0.1, 0.15) is 5.56 Å². The van der Waals surface area contributed by atoms with Gasteiger partial charge in [0.1, 0.15) is 0 Å². The van der Waals surface area contributed by atoms with E-state index in [-0.39, 0.29) is 24.0 Å². The first-order valence-electron chi connectivity index (χ1n) is 9.97. The number of ether oxygens (including phenoxy) is 2. The van der Waals surface area contributed by atoms with E-state index in [2.05, 4.69) is 14.8 Å². The SMILES string of the molecule is O=C(C[NH+]1CCN(S(=O)(=O)/C=C/c2ccccc2)CC1)Nc1ccc2c(c1)OC(F)(F)O2. The van der Waals surface area contributed by atoms with E-state index in [1.165, 1.54) is 27.9 Å². The number of carbonyl (C=O) groups excluding carboxylic acids is 1. The zero-order valence-corrected chi connectivity index (χ0v) is 17.8. The second-order valence-corrected chi connectivity index (χ2v) is 9.28. The number of amides is 1. The van der Waals surface area contributed by atoms with Crippen molar-refractivity contribution in [1.29, 1.82) is 0 Å². The van der Waals surface area contributed by atoms with Gasteiger partial charge in [-0.15, -0.1) is 8.78 Å². The summed E-state index contributed by atoms with van der Waals surface area (Å²) in [5.41, 5.74) is 1.10. The number of nitrogens with one attached hydrogen (secondary N) is 2. The molecule has 1 saturated heterocycles. The molecule has 2 aromatic rings. The maximum absolute atomic E-state index is 13.1. The molecular formula is C21H22F2N3O5S+. The minimum atomic E-state index is -3.72. The summed E-state index contributed by atoms with van der Waals surface area (Å²) in [5, 5.41) is 3.84. The largest absolute Gasteiger partial charge is 0.586 e. The van der Waals surface area contributed by atoms with Gasteiger partial charge in [-0.2, -0.15) is 4.31 Å². The first-order valence-corrected chi connectivity index (χ1v) is 11.5. The van der Waals surface area contributed by atoms with E-state index in [1.54, 1.807) is 6.08 Å². The molecule has 2 heterocycles. The van der Waals surface area contributed by atoms with Crippen LogP contribution in [0.2, 0.25) is 0 Å². The first-order chi connectivity index (χ1) is 15.2. The number of hydrogen-bond donors (Lipinski definition) is 2. The number of quaternary nitrogens is 1. The molecule has 2 aliphatic heterocycles. The number of sulfonamides is 1. The number of fused-ring (bicyclic) bond motifs is 1. The molecule has 8 nitrogen and oxygen atoms in total. The number of benzene rings is 2. The Bertz CT molecular complexity index is 1120. The van der Waals surface area contributed by atoms with Gasteiger partial charge in [-0.25, -0.2) is 8.42 Å². The van der Waals surface area contributed by atoms with Crippen molar-refractivity contribution in [3.8, 4) is 11.5 Å². The molecule has 0 bridgehead atoms. The summed E-state index contributed by atoms with van der Waals surface area (Å²) in [6.45, 7) is 1.66. The number of halogens is 2. The molecule has 0 spiro atoms. The lowest BCUT2D eigenvalue weighted by atomic mass is 10.2. The second-order valence-electron chi connectivity index (χ2n) is 7.46. The van der Waals surface area contributed by atoms with Crippen molar-refractivity contribution in [3.63, 3.8) is 0 Å². The molecule has 0 aliphatic carbocycles. The fourth-order valence-corrected chi connectivity index (χ4v) is 4.70. The molecule has 1 amide bonds. The Balaban J connectivity index is 1.27. The van der Waals surface area contributed by atoms with Gasteiger partial charge in [-0.3, -0.25) is 4.79 Å². The Morgan fingerprint density at radius 2 is 1.78 bits per heavy atom. The highest BCUT2D eigenvalue weighted by atomic mass is 32.2. The third-order valence-electron chi connectivity index (χ3n) is 5.12. The van der Waals surface area contributed by atoms with Crippen molar-refractivity contribution in [2.75, 3.05) is 38.0 Å². The van der Waals surface area contributed by atoms with E-state index >= 15 is 0 Å². The molecule has 4 rings (SSSR count). The van der Waals surface area contributed by atoms with E-state index in [0.717, 1.165) is 10.5 Å². The van der Waals surface area contributed by atoms with E-state index in [9.17, 15) is 22.0 Å². The lowest BCUT2D eigenvalue weighted by molar-refractivity contribution is -0.895. The number of hydrogen-bond acceptors (Lipinski definition) is 5. The number of nitrogens with zero attached hydrogens (tertiary/aromatic N) is 1. The molecule has 11 heteroatoms. The van der Waals surface area contributed by atoms with Crippen LogP contribution in [0.25, 0.3) is 6.08 Å². The minimum absolute atomic E-state index is 0.0998. The predicted molar refractivity (Wildman–Crippen MR) is 113 cm³/mol. The highest BCUT2D eigenvalue weighted by Crippen LogP contribution is 2.42. The van der Waals surface area contributed by atoms with Gasteiger partial charge in [0, 0.05) is 17.2 Å². The molecule has 170 valence electrons. The van der Waals surface area contributed by atoms with Crippen LogP contribution < -0.4 is 19.7 Å². The van der Waals surface area contributed by atoms with Crippen LogP contribution in [0.5, 0.6) is 11.5 Å². The lowest BCUT2D eigenvalue weighted by Crippen LogP contribution is -3.15. The fraction of sp³-hybridized carbons (Fsp3) is 0.286. The molecule has 0 aromatic heterocycles. The molecule has 0 unspecified atom stereocenters. The van der Waals surface area contributed by atoms with E-state index in [4.69, 9.17) is 0 Å². The van der Waals surface area contributed by atoms with Crippen LogP contribution >= 0.6 is 0 Å². The number of anilines is 1. The monoisotopic (exact) mass is 466 g/mol. The van der Waals surface area contributed by atoms with Crippen LogP contribution in [0, 0.1) is 0 Å². The number of piperazine rings is 1. The molecule has 2 N–H and O–H groups in total. The molecule has 2 aromatic carbocycles. The number of rotatable bonds is 6. The lowest BCUT2D eigenvalue weighted by Gasteiger charge is -2.30. The summed E-state index contributed by atoms with van der Waals surface area (Å²) >= 11 is 0. The maximum atomic E-state index is 13.1. The summed E-state index contributed by atoms with van der Waals surface area (Å²) in [5.74, 6) is -0.564. The quantitative estimate of drug-likeness (QED) is 0.667. The molecule has 32 heavy (non-hydrogen) atoms. The van der Waals surface area contributed by atoms with Crippen LogP contribution in [-0.2, 0) is 14.8 Å². The standard InChI is InChI=1S/C21H21F2N3O5S/c22-21(23)30-18-7-6-17(14-19(18)31-21)24-20(27)15-25-9-11-26(12-10-25)32(28,29)13-8-16-4-2-1-3-5-16/h1-8,13-14H,9-12,15H2,(H,24,27)/p+1/b13-8+. The Morgan fingerprint density at radius 3 is 2.50 bits per heavy atom. The topological polar surface area (TPSA) is 89.4 Å². The summed E-state index contributed by atoms with van der Waals surface area (Å²) in [7, 11) is -3.55. The smallest absolute Gasteiger partial charge is 0.395 e. The third-order valence-corrected chi connectivity index (χ3v) is 6.68. The summed E-state index contributed by atoms with van der Waals surface area (Å²) in [6, 6.07) is 13.2. The predicted octanol–water partition coefficient (Wildman–Crippen LogP) is 1.15. The second kappa shape index (κ2) is 8.85. The Kier molecular flexibility index (Phi) is 6.13. The first kappa shape index (κ1) is 22.2. The highest BCUT2D eigenvalue weighted by molar-refractivity contribution is 7.92. The summed E-state index contributed by atoms with van der Waals surface area (Å²) in [6.07, 6.45) is -2.16. The Morgan fingerprint density at radius 1 is 1.09 bits per heavy atom. The van der Waals surface area contributed by atoms with E-state index in [0.29, 0.717) is 31.9 Å². The van der Waals surface area contributed by atoms with Crippen LogP contribution in [0.4, 0.5) is 14.5 Å². The number of alkyl halides is 2. The average molecular weight is 466 g/mol. The van der Waals surface area contributed by atoms with Crippen molar-refractivity contribution in [2.45, 2.75) is 6.29 Å². The van der Waals surface area contributed by atoms with Gasteiger partial charge >= 0.3 is 6.29 Å². The molecule has 0 atom stereocenters. The van der Waals surface area contributed by atoms with Crippen molar-refractivity contribution in [2.24, 2.45) is 0 Å². The van der Waals surface area contributed by atoms with Crippen molar-refractivity contribution >= 4 is 27.7 Å². The van der Waals surface area contributed by atoms with Crippen LogP contribution in [0.3, 0.4) is 0 Å². The maximum Gasteiger partial charge on any atom is 0.586 e. The highest BCUT2D eigenvalue weighted by Gasteiger charge is 2.43. The van der Waals surface area contributed by atoms with Gasteiger partial charge < -0.3 is 19.7 Å². The number of carbonyl (C=O) groups is 1. The summed E-state index contributed by atoms with van der Waals surface area (Å²) in [4.78, 5) is 13.3. The van der Waals surface area contributed by atoms with Gasteiger partial charge in [-0.05, 0) is 23.8 Å². The zero-order chi connectivity index (χ0) is 22.8. The zero-order valence-electron chi connectivity index (χ0n) is 17.0. The molecule has 0 radical (unpaired) electrons. The molecule has 2 aliphatic rings. The minimum Gasteiger partial charge on any atom is -0.395 e. The molecular weight excluding hydrogens is 444 g/mol. The van der Waals surface area contributed by atoms with Crippen LogP contribution in [0.15, 0.2) is 53.9 Å². The van der Waals surface area contributed by atoms with Crippen LogP contribution in [-0.4, -0.2) is 57.6 Å². The normalized spacial score (nSPS) is 18.7. The third kappa shape index (κ3) is 5.42. The van der Waals surface area contributed by atoms with Crippen molar-refractivity contribution in [3.05, 3.63) is 59.5 Å². The van der Waals surface area contributed by atoms with Gasteiger partial charge in [0.25, 0.3) is 5.91 Å². The Labute approximate surface area is 184 Å². The summed E-state index contributed by atoms with van der Waals surface area (Å²) < 4.78 is 61.4. The molecule has 1 fully saturated rings. The van der Waals surface area contributed by atoms with E-state index < -0.39 is 16.3 Å². The van der Waals surface area contributed by atoms with E-state index in [1.807, 2.05) is 30.3 Å². The van der Waals surface area contributed by atoms with Gasteiger partial charge in [0.15, 0.2) is 18.0 Å². The van der Waals surface area contributed by atoms with Gasteiger partial charge in [-0.1, -0.05) is 30.3 Å². The van der Waals surface area contributed by atoms with Gasteiger partial charge in [0.05, 0.1) is 26.2 Å².